The first-order valence-corrected chi connectivity index (χ1v) is 10.0. The van der Waals surface area contributed by atoms with Gasteiger partial charge in [0.15, 0.2) is 0 Å². The molecular formula is C20H23N5OS. The SMILES string of the molecule is CC(C)SNc1cncc(-c2ccc3ncnc(N4CCOCC4)c3c2)c1. The minimum Gasteiger partial charge on any atom is -0.378 e. The Morgan fingerprint density at radius 2 is 1.93 bits per heavy atom. The molecule has 140 valence electrons. The van der Waals surface area contributed by atoms with Crippen molar-refractivity contribution in [3.63, 3.8) is 0 Å². The van der Waals surface area contributed by atoms with E-state index in [1.165, 1.54) is 0 Å². The fourth-order valence-corrected chi connectivity index (χ4v) is 3.57. The van der Waals surface area contributed by atoms with E-state index in [9.17, 15) is 0 Å². The van der Waals surface area contributed by atoms with E-state index in [4.69, 9.17) is 4.74 Å². The highest BCUT2D eigenvalue weighted by atomic mass is 32.2. The molecule has 3 aromatic rings. The molecule has 1 aromatic carbocycles. The second-order valence-corrected chi connectivity index (χ2v) is 8.14. The largest absolute Gasteiger partial charge is 0.378 e. The molecule has 1 aliphatic rings. The van der Waals surface area contributed by atoms with E-state index in [0.29, 0.717) is 5.25 Å². The minimum absolute atomic E-state index is 0.502. The lowest BCUT2D eigenvalue weighted by Gasteiger charge is -2.28. The van der Waals surface area contributed by atoms with Crippen molar-refractivity contribution >= 4 is 34.4 Å². The number of fused-ring (bicyclic) bond motifs is 1. The first-order chi connectivity index (χ1) is 13.2. The molecule has 27 heavy (non-hydrogen) atoms. The van der Waals surface area contributed by atoms with E-state index >= 15 is 0 Å². The van der Waals surface area contributed by atoms with Crippen LogP contribution in [0.1, 0.15) is 13.8 Å². The van der Waals surface area contributed by atoms with E-state index in [2.05, 4.69) is 62.7 Å². The number of hydrogen-bond donors (Lipinski definition) is 1. The van der Waals surface area contributed by atoms with E-state index in [1.807, 2.05) is 12.4 Å². The summed E-state index contributed by atoms with van der Waals surface area (Å²) in [6.07, 6.45) is 5.38. The van der Waals surface area contributed by atoms with Crippen LogP contribution >= 0.6 is 11.9 Å². The van der Waals surface area contributed by atoms with Crippen molar-refractivity contribution in [3.8, 4) is 11.1 Å². The van der Waals surface area contributed by atoms with Crippen molar-refractivity contribution in [1.29, 1.82) is 0 Å². The van der Waals surface area contributed by atoms with Gasteiger partial charge in [-0.1, -0.05) is 19.9 Å². The molecule has 1 N–H and O–H groups in total. The normalized spacial score (nSPS) is 14.7. The number of ether oxygens (including phenoxy) is 1. The van der Waals surface area contributed by atoms with E-state index in [0.717, 1.165) is 59.8 Å². The number of benzene rings is 1. The fourth-order valence-electron chi connectivity index (χ4n) is 3.09. The molecule has 2 aromatic heterocycles. The predicted octanol–water partition coefficient (Wildman–Crippen LogP) is 4.00. The number of nitrogens with zero attached hydrogens (tertiary/aromatic N) is 4. The average Bonchev–Trinajstić information content (AvgIpc) is 2.72. The summed E-state index contributed by atoms with van der Waals surface area (Å²) in [5, 5.41) is 1.56. The maximum Gasteiger partial charge on any atom is 0.140 e. The molecule has 0 saturated carbocycles. The van der Waals surface area contributed by atoms with Gasteiger partial charge in [0, 0.05) is 35.5 Å². The Balaban J connectivity index is 1.69. The van der Waals surface area contributed by atoms with Gasteiger partial charge < -0.3 is 14.4 Å². The molecule has 1 saturated heterocycles. The third-order valence-electron chi connectivity index (χ3n) is 4.41. The van der Waals surface area contributed by atoms with Crippen LogP contribution in [0.5, 0.6) is 0 Å². The summed E-state index contributed by atoms with van der Waals surface area (Å²) < 4.78 is 8.84. The molecule has 0 unspecified atom stereocenters. The van der Waals surface area contributed by atoms with Gasteiger partial charge in [-0.2, -0.15) is 0 Å². The van der Waals surface area contributed by atoms with Crippen LogP contribution in [0, 0.1) is 0 Å². The number of morpholine rings is 1. The summed E-state index contributed by atoms with van der Waals surface area (Å²) in [5.74, 6) is 0.975. The third-order valence-corrected chi connectivity index (χ3v) is 5.23. The van der Waals surface area contributed by atoms with Gasteiger partial charge in [0.1, 0.15) is 12.1 Å². The van der Waals surface area contributed by atoms with Gasteiger partial charge in [-0.05, 0) is 35.7 Å². The zero-order valence-corrected chi connectivity index (χ0v) is 16.4. The Kier molecular flexibility index (Phi) is 5.40. The lowest BCUT2D eigenvalue weighted by Crippen LogP contribution is -2.36. The Hall–Kier alpha value is -2.38. The van der Waals surface area contributed by atoms with Crippen molar-refractivity contribution in [2.24, 2.45) is 0 Å². The monoisotopic (exact) mass is 381 g/mol. The highest BCUT2D eigenvalue weighted by Gasteiger charge is 2.16. The topological polar surface area (TPSA) is 63.2 Å². The molecular weight excluding hydrogens is 358 g/mol. The van der Waals surface area contributed by atoms with E-state index in [-0.39, 0.29) is 0 Å². The van der Waals surface area contributed by atoms with Crippen molar-refractivity contribution < 1.29 is 4.74 Å². The quantitative estimate of drug-likeness (QED) is 0.670. The second kappa shape index (κ2) is 8.10. The smallest absolute Gasteiger partial charge is 0.140 e. The minimum atomic E-state index is 0.502. The Labute approximate surface area is 163 Å². The van der Waals surface area contributed by atoms with Crippen LogP contribution in [0.25, 0.3) is 22.0 Å². The van der Waals surface area contributed by atoms with Crippen LogP contribution in [0.15, 0.2) is 43.0 Å². The van der Waals surface area contributed by atoms with Crippen LogP contribution in [0.2, 0.25) is 0 Å². The second-order valence-electron chi connectivity index (χ2n) is 6.76. The molecule has 4 rings (SSSR count). The van der Waals surface area contributed by atoms with Crippen LogP contribution in [-0.4, -0.2) is 46.5 Å². The summed E-state index contributed by atoms with van der Waals surface area (Å²) in [4.78, 5) is 15.7. The van der Waals surface area contributed by atoms with Crippen molar-refractivity contribution in [2.75, 3.05) is 35.9 Å². The number of pyridine rings is 1. The Morgan fingerprint density at radius 1 is 1.07 bits per heavy atom. The summed E-state index contributed by atoms with van der Waals surface area (Å²) in [6.45, 7) is 7.48. The van der Waals surface area contributed by atoms with Crippen molar-refractivity contribution in [2.45, 2.75) is 19.1 Å². The van der Waals surface area contributed by atoms with E-state index < -0.39 is 0 Å². The van der Waals surface area contributed by atoms with Crippen LogP contribution in [-0.2, 0) is 4.74 Å². The molecule has 0 amide bonds. The molecule has 0 atom stereocenters. The first kappa shape index (κ1) is 18.0. The van der Waals surface area contributed by atoms with Crippen LogP contribution < -0.4 is 9.62 Å². The van der Waals surface area contributed by atoms with Gasteiger partial charge in [-0.15, -0.1) is 0 Å². The number of rotatable bonds is 5. The fraction of sp³-hybridized carbons (Fsp3) is 0.350. The number of hydrogen-bond acceptors (Lipinski definition) is 7. The number of anilines is 2. The molecule has 0 bridgehead atoms. The molecule has 7 heteroatoms. The Bertz CT molecular complexity index is 927. The lowest BCUT2D eigenvalue weighted by molar-refractivity contribution is 0.122. The highest BCUT2D eigenvalue weighted by Crippen LogP contribution is 2.30. The molecule has 1 aliphatic heterocycles. The van der Waals surface area contributed by atoms with Gasteiger partial charge >= 0.3 is 0 Å². The molecule has 0 radical (unpaired) electrons. The zero-order chi connectivity index (χ0) is 18.6. The maximum atomic E-state index is 5.48. The van der Waals surface area contributed by atoms with Crippen molar-refractivity contribution in [3.05, 3.63) is 43.0 Å². The molecule has 6 nitrogen and oxygen atoms in total. The molecule has 0 spiro atoms. The maximum absolute atomic E-state index is 5.48. The lowest BCUT2D eigenvalue weighted by atomic mass is 10.0. The predicted molar refractivity (Wildman–Crippen MR) is 112 cm³/mol. The van der Waals surface area contributed by atoms with Gasteiger partial charge in [-0.3, -0.25) is 4.98 Å². The standard InChI is InChI=1S/C20H23N5OS/c1-14(2)27-24-17-9-16(11-21-12-17)15-3-4-19-18(10-15)20(23-13-22-19)25-5-7-26-8-6-25/h3-4,9-14,24H,5-8H2,1-2H3. The van der Waals surface area contributed by atoms with Gasteiger partial charge in [-0.25, -0.2) is 9.97 Å². The van der Waals surface area contributed by atoms with Gasteiger partial charge in [0.2, 0.25) is 0 Å². The van der Waals surface area contributed by atoms with Crippen LogP contribution in [0.4, 0.5) is 11.5 Å². The summed E-state index contributed by atoms with van der Waals surface area (Å²) in [7, 11) is 0. The van der Waals surface area contributed by atoms with Gasteiger partial charge in [0.05, 0.1) is 30.6 Å². The molecule has 3 heterocycles. The Morgan fingerprint density at radius 3 is 2.74 bits per heavy atom. The first-order valence-electron chi connectivity index (χ1n) is 9.15. The van der Waals surface area contributed by atoms with E-state index in [1.54, 1.807) is 18.3 Å². The number of nitrogens with one attached hydrogen (secondary N) is 1. The summed E-state index contributed by atoms with van der Waals surface area (Å²) in [5.41, 5.74) is 4.14. The zero-order valence-electron chi connectivity index (χ0n) is 15.6. The van der Waals surface area contributed by atoms with Crippen molar-refractivity contribution in [1.82, 2.24) is 15.0 Å². The summed E-state index contributed by atoms with van der Waals surface area (Å²) >= 11 is 1.68. The molecule has 0 aliphatic carbocycles. The average molecular weight is 382 g/mol. The van der Waals surface area contributed by atoms with Crippen LogP contribution in [0.3, 0.4) is 0 Å². The summed E-state index contributed by atoms with van der Waals surface area (Å²) in [6, 6.07) is 8.44. The van der Waals surface area contributed by atoms with Gasteiger partial charge in [0.25, 0.3) is 0 Å². The molecule has 1 fully saturated rings. The number of aromatic nitrogens is 3. The third kappa shape index (κ3) is 4.14. The highest BCUT2D eigenvalue weighted by molar-refractivity contribution is 8.01.